The number of hydrogen-bond acceptors (Lipinski definition) is 2. The Morgan fingerprint density at radius 3 is 2.90 bits per heavy atom. The largest absolute Gasteiger partial charge is 0.381 e. The minimum absolute atomic E-state index is 0.0198. The minimum Gasteiger partial charge on any atom is -0.381 e. The van der Waals surface area contributed by atoms with E-state index in [9.17, 15) is 4.79 Å². The quantitative estimate of drug-likeness (QED) is 0.902. The van der Waals surface area contributed by atoms with Crippen molar-refractivity contribution in [1.29, 1.82) is 0 Å². The topological polar surface area (TPSA) is 54.1 Å². The van der Waals surface area contributed by atoms with Crippen LogP contribution in [0.1, 0.15) is 30.6 Å². The van der Waals surface area contributed by atoms with Gasteiger partial charge in [-0.2, -0.15) is 0 Å². The van der Waals surface area contributed by atoms with Crippen LogP contribution >= 0.6 is 0 Å². The number of amides is 1. The number of benzene rings is 1. The Hall–Kier alpha value is -1.81. The first kappa shape index (κ1) is 13.2. The Morgan fingerprint density at radius 1 is 1.40 bits per heavy atom. The molecule has 2 N–H and O–H groups in total. The summed E-state index contributed by atoms with van der Waals surface area (Å²) in [5.74, 6) is -0.0225. The van der Waals surface area contributed by atoms with Gasteiger partial charge in [-0.1, -0.05) is 26.0 Å². The minimum atomic E-state index is -0.0225. The van der Waals surface area contributed by atoms with Crippen LogP contribution in [0.3, 0.4) is 0 Å². The van der Waals surface area contributed by atoms with Crippen molar-refractivity contribution in [2.75, 3.05) is 7.11 Å². The molecular formula is C16H20N2O2. The van der Waals surface area contributed by atoms with Crippen LogP contribution in [0.25, 0.3) is 10.9 Å². The number of nitrogens with one attached hydrogen (secondary N) is 2. The summed E-state index contributed by atoms with van der Waals surface area (Å²) in [5, 5.41) is 4.19. The van der Waals surface area contributed by atoms with Crippen LogP contribution in [0.5, 0.6) is 0 Å². The predicted molar refractivity (Wildman–Crippen MR) is 78.7 cm³/mol. The van der Waals surface area contributed by atoms with Crippen molar-refractivity contribution in [3.8, 4) is 0 Å². The van der Waals surface area contributed by atoms with Gasteiger partial charge in [0.2, 0.25) is 0 Å². The van der Waals surface area contributed by atoms with Crippen molar-refractivity contribution in [3.05, 3.63) is 36.0 Å². The molecular weight excluding hydrogens is 252 g/mol. The van der Waals surface area contributed by atoms with Crippen LogP contribution < -0.4 is 5.32 Å². The summed E-state index contributed by atoms with van der Waals surface area (Å²) in [5.41, 5.74) is 1.57. The van der Waals surface area contributed by atoms with E-state index in [4.69, 9.17) is 4.74 Å². The summed E-state index contributed by atoms with van der Waals surface area (Å²) in [6.45, 7) is 4.26. The number of aromatic nitrogens is 1. The summed E-state index contributed by atoms with van der Waals surface area (Å²) < 4.78 is 5.42. The molecule has 1 amide bonds. The number of methoxy groups -OCH3 is 1. The Morgan fingerprint density at radius 2 is 2.20 bits per heavy atom. The molecule has 0 bridgehead atoms. The van der Waals surface area contributed by atoms with Crippen molar-refractivity contribution in [2.24, 2.45) is 5.41 Å². The number of aromatic amines is 1. The SMILES string of the molecule is COC1CC(NC(=O)c2cccc3cc[nH]c23)C1(C)C. The van der Waals surface area contributed by atoms with E-state index in [1.54, 1.807) is 7.11 Å². The molecule has 106 valence electrons. The van der Waals surface area contributed by atoms with E-state index in [1.165, 1.54) is 0 Å². The van der Waals surface area contributed by atoms with Crippen LogP contribution in [-0.4, -0.2) is 30.1 Å². The van der Waals surface area contributed by atoms with Crippen molar-refractivity contribution >= 4 is 16.8 Å². The molecule has 1 saturated carbocycles. The Kier molecular flexibility index (Phi) is 3.05. The lowest BCUT2D eigenvalue weighted by Crippen LogP contribution is -2.61. The molecule has 2 unspecified atom stereocenters. The molecule has 1 aliphatic carbocycles. The van der Waals surface area contributed by atoms with Crippen LogP contribution in [0.4, 0.5) is 0 Å². The summed E-state index contributed by atoms with van der Waals surface area (Å²) in [6.07, 6.45) is 2.94. The maximum atomic E-state index is 12.5. The van der Waals surface area contributed by atoms with Crippen molar-refractivity contribution in [3.63, 3.8) is 0 Å². The highest BCUT2D eigenvalue weighted by atomic mass is 16.5. The molecule has 0 radical (unpaired) electrons. The molecule has 4 heteroatoms. The molecule has 1 fully saturated rings. The first-order valence-electron chi connectivity index (χ1n) is 6.94. The molecule has 20 heavy (non-hydrogen) atoms. The van der Waals surface area contributed by atoms with E-state index in [2.05, 4.69) is 24.1 Å². The summed E-state index contributed by atoms with van der Waals surface area (Å²) in [7, 11) is 1.73. The van der Waals surface area contributed by atoms with E-state index >= 15 is 0 Å². The standard InChI is InChI=1S/C16H20N2O2/c1-16(2)12(9-13(16)20-3)18-15(19)11-6-4-5-10-7-8-17-14(10)11/h4-8,12-13,17H,9H2,1-3H3,(H,18,19). The fraction of sp³-hybridized carbons (Fsp3) is 0.438. The second-order valence-electron chi connectivity index (χ2n) is 6.05. The Balaban J connectivity index is 1.79. The van der Waals surface area contributed by atoms with Gasteiger partial charge in [0.05, 0.1) is 17.2 Å². The fourth-order valence-corrected chi connectivity index (χ4v) is 3.04. The summed E-state index contributed by atoms with van der Waals surface area (Å²) >= 11 is 0. The highest BCUT2D eigenvalue weighted by Gasteiger charge is 2.49. The lowest BCUT2D eigenvalue weighted by Gasteiger charge is -2.51. The number of ether oxygens (including phenoxy) is 1. The molecule has 4 nitrogen and oxygen atoms in total. The predicted octanol–water partition coefficient (Wildman–Crippen LogP) is 2.71. The molecule has 1 aromatic heterocycles. The third-order valence-corrected chi connectivity index (χ3v) is 4.60. The first-order chi connectivity index (χ1) is 9.54. The molecule has 0 aliphatic heterocycles. The maximum absolute atomic E-state index is 12.5. The molecule has 0 saturated heterocycles. The second-order valence-corrected chi connectivity index (χ2v) is 6.05. The first-order valence-corrected chi connectivity index (χ1v) is 6.94. The average Bonchev–Trinajstić information content (AvgIpc) is 2.90. The van der Waals surface area contributed by atoms with Crippen LogP contribution in [0.2, 0.25) is 0 Å². The third-order valence-electron chi connectivity index (χ3n) is 4.60. The van der Waals surface area contributed by atoms with Gasteiger partial charge in [0.25, 0.3) is 5.91 Å². The van der Waals surface area contributed by atoms with Gasteiger partial charge in [-0.3, -0.25) is 4.79 Å². The van der Waals surface area contributed by atoms with Crippen LogP contribution in [0.15, 0.2) is 30.5 Å². The van der Waals surface area contributed by atoms with E-state index < -0.39 is 0 Å². The summed E-state index contributed by atoms with van der Waals surface area (Å²) in [6, 6.07) is 7.89. The Labute approximate surface area is 118 Å². The van der Waals surface area contributed by atoms with Crippen LogP contribution in [0, 0.1) is 5.41 Å². The van der Waals surface area contributed by atoms with Gasteiger partial charge in [-0.25, -0.2) is 0 Å². The molecule has 1 heterocycles. The number of carbonyl (C=O) groups is 1. The lowest BCUT2D eigenvalue weighted by molar-refractivity contribution is -0.0942. The summed E-state index contributed by atoms with van der Waals surface area (Å²) in [4.78, 5) is 15.6. The highest BCUT2D eigenvalue weighted by molar-refractivity contribution is 6.05. The van der Waals surface area contributed by atoms with Crippen molar-refractivity contribution in [2.45, 2.75) is 32.4 Å². The number of H-pyrrole nitrogens is 1. The molecule has 2 atom stereocenters. The number of rotatable bonds is 3. The van der Waals surface area contributed by atoms with Gasteiger partial charge in [-0.15, -0.1) is 0 Å². The van der Waals surface area contributed by atoms with Crippen molar-refractivity contribution < 1.29 is 9.53 Å². The zero-order valence-corrected chi connectivity index (χ0v) is 12.1. The molecule has 1 aliphatic rings. The van der Waals surface area contributed by atoms with E-state index in [0.717, 1.165) is 17.3 Å². The monoisotopic (exact) mass is 272 g/mol. The number of hydrogen-bond donors (Lipinski definition) is 2. The second kappa shape index (κ2) is 4.63. The van der Waals surface area contributed by atoms with Gasteiger partial charge >= 0.3 is 0 Å². The number of fused-ring (bicyclic) bond motifs is 1. The normalized spacial score (nSPS) is 24.4. The molecule has 3 rings (SSSR count). The number of carbonyl (C=O) groups excluding carboxylic acids is 1. The highest BCUT2D eigenvalue weighted by Crippen LogP contribution is 2.42. The van der Waals surface area contributed by atoms with Gasteiger partial charge in [0, 0.05) is 30.1 Å². The van der Waals surface area contributed by atoms with Crippen molar-refractivity contribution in [1.82, 2.24) is 10.3 Å². The van der Waals surface area contributed by atoms with E-state index in [-0.39, 0.29) is 23.5 Å². The van der Waals surface area contributed by atoms with E-state index in [1.807, 2.05) is 30.5 Å². The number of para-hydroxylation sites is 1. The van der Waals surface area contributed by atoms with Gasteiger partial charge in [-0.05, 0) is 18.6 Å². The Bertz CT molecular complexity index is 645. The fourth-order valence-electron chi connectivity index (χ4n) is 3.04. The van der Waals surface area contributed by atoms with Gasteiger partial charge in [0.1, 0.15) is 0 Å². The zero-order chi connectivity index (χ0) is 14.3. The molecule has 1 aromatic carbocycles. The third kappa shape index (κ3) is 1.91. The average molecular weight is 272 g/mol. The van der Waals surface area contributed by atoms with E-state index in [0.29, 0.717) is 5.56 Å². The van der Waals surface area contributed by atoms with Gasteiger partial charge in [0.15, 0.2) is 0 Å². The van der Waals surface area contributed by atoms with Crippen LogP contribution in [-0.2, 0) is 4.74 Å². The molecule has 2 aromatic rings. The lowest BCUT2D eigenvalue weighted by atomic mass is 9.64. The molecule has 0 spiro atoms. The maximum Gasteiger partial charge on any atom is 0.253 e. The smallest absolute Gasteiger partial charge is 0.253 e. The van der Waals surface area contributed by atoms with Gasteiger partial charge < -0.3 is 15.0 Å². The zero-order valence-electron chi connectivity index (χ0n) is 12.1.